The molecule has 0 bridgehead atoms. The smallest absolute Gasteiger partial charge is 0.174 e. The van der Waals surface area contributed by atoms with Crippen molar-refractivity contribution in [2.45, 2.75) is 39.3 Å². The number of rotatable bonds is 4. The molecule has 0 unspecified atom stereocenters. The number of hydrogen-bond acceptors (Lipinski definition) is 3. The molecule has 0 spiro atoms. The monoisotopic (exact) mass is 183 g/mol. The predicted molar refractivity (Wildman–Crippen MR) is 52.1 cm³/mol. The molecule has 3 heteroatoms. The van der Waals surface area contributed by atoms with E-state index in [9.17, 15) is 4.79 Å². The first kappa shape index (κ1) is 12.2. The summed E-state index contributed by atoms with van der Waals surface area (Å²) in [5.74, 6) is 5.49. The predicted octanol–water partition coefficient (Wildman–Crippen LogP) is 0.721. The van der Waals surface area contributed by atoms with Crippen molar-refractivity contribution in [1.29, 1.82) is 0 Å². The van der Waals surface area contributed by atoms with Gasteiger partial charge in [-0.25, -0.2) is 0 Å². The maximum absolute atomic E-state index is 11.1. The van der Waals surface area contributed by atoms with Crippen LogP contribution in [0.25, 0.3) is 0 Å². The van der Waals surface area contributed by atoms with Gasteiger partial charge in [0, 0.05) is 0 Å². The molecule has 0 amide bonds. The Morgan fingerprint density at radius 3 is 2.54 bits per heavy atom. The van der Waals surface area contributed by atoms with Crippen LogP contribution < -0.4 is 5.73 Å². The molecular weight excluding hydrogens is 166 g/mol. The molecule has 0 saturated heterocycles. The molecule has 0 aromatic rings. The quantitative estimate of drug-likeness (QED) is 0.653. The van der Waals surface area contributed by atoms with E-state index in [1.807, 2.05) is 13.8 Å². The lowest BCUT2D eigenvalue weighted by Gasteiger charge is -2.18. The molecule has 0 aliphatic heterocycles. The number of carbonyl (C=O) groups is 1. The number of ketones is 1. The molecular formula is C10H17NO2. The zero-order valence-electron chi connectivity index (χ0n) is 8.68. The molecule has 0 rings (SSSR count). The average molecular weight is 183 g/mol. The van der Waals surface area contributed by atoms with Crippen molar-refractivity contribution < 1.29 is 9.53 Å². The first-order valence-corrected chi connectivity index (χ1v) is 4.25. The largest absolute Gasteiger partial charge is 0.355 e. The van der Waals surface area contributed by atoms with Gasteiger partial charge in [0.25, 0.3) is 0 Å². The van der Waals surface area contributed by atoms with Gasteiger partial charge in [0.2, 0.25) is 0 Å². The average Bonchev–Trinajstić information content (AvgIpc) is 2.00. The second-order valence-electron chi connectivity index (χ2n) is 3.43. The summed E-state index contributed by atoms with van der Waals surface area (Å²) >= 11 is 0. The lowest BCUT2D eigenvalue weighted by Crippen LogP contribution is -2.34. The SMILES string of the molecule is CC#CC(C)(C)OCC(=O)[C@H](C)N. The van der Waals surface area contributed by atoms with Crippen molar-refractivity contribution in [3.8, 4) is 11.8 Å². The number of Topliss-reactive ketones (excluding diaryl/α,β-unsaturated/α-hetero) is 1. The van der Waals surface area contributed by atoms with Crippen molar-refractivity contribution in [2.24, 2.45) is 5.73 Å². The minimum Gasteiger partial charge on any atom is -0.355 e. The number of hydrogen-bond donors (Lipinski definition) is 1. The molecule has 0 fully saturated rings. The highest BCUT2D eigenvalue weighted by Gasteiger charge is 2.17. The second kappa shape index (κ2) is 5.00. The third kappa shape index (κ3) is 5.40. The van der Waals surface area contributed by atoms with Crippen LogP contribution in [0.2, 0.25) is 0 Å². The lowest BCUT2D eigenvalue weighted by molar-refractivity contribution is -0.127. The number of carbonyl (C=O) groups excluding carboxylic acids is 1. The Morgan fingerprint density at radius 1 is 1.62 bits per heavy atom. The van der Waals surface area contributed by atoms with Crippen LogP contribution in [0.15, 0.2) is 0 Å². The normalized spacial score (nSPS) is 13.0. The zero-order valence-corrected chi connectivity index (χ0v) is 8.68. The molecule has 0 radical (unpaired) electrons. The highest BCUT2D eigenvalue weighted by atomic mass is 16.5. The van der Waals surface area contributed by atoms with Gasteiger partial charge in [0.15, 0.2) is 5.78 Å². The summed E-state index contributed by atoms with van der Waals surface area (Å²) in [5, 5.41) is 0. The van der Waals surface area contributed by atoms with Crippen LogP contribution in [0.3, 0.4) is 0 Å². The first-order chi connectivity index (χ1) is 5.89. The van der Waals surface area contributed by atoms with Crippen LogP contribution in [0, 0.1) is 11.8 Å². The Balaban J connectivity index is 4.00. The van der Waals surface area contributed by atoms with Crippen LogP contribution in [0.4, 0.5) is 0 Å². The minimum atomic E-state index is -0.570. The van der Waals surface area contributed by atoms with Gasteiger partial charge in [-0.2, -0.15) is 0 Å². The first-order valence-electron chi connectivity index (χ1n) is 4.25. The van der Waals surface area contributed by atoms with Crippen LogP contribution in [-0.2, 0) is 9.53 Å². The summed E-state index contributed by atoms with van der Waals surface area (Å²) in [4.78, 5) is 11.1. The maximum Gasteiger partial charge on any atom is 0.174 e. The third-order valence-electron chi connectivity index (χ3n) is 1.51. The van der Waals surface area contributed by atoms with Gasteiger partial charge in [-0.3, -0.25) is 4.79 Å². The fourth-order valence-electron chi connectivity index (χ4n) is 0.720. The summed E-state index contributed by atoms with van der Waals surface area (Å²) in [6, 6.07) is -0.467. The molecule has 0 aliphatic rings. The summed E-state index contributed by atoms with van der Waals surface area (Å²) in [6.07, 6.45) is 0. The van der Waals surface area contributed by atoms with Gasteiger partial charge in [-0.05, 0) is 27.7 Å². The van der Waals surface area contributed by atoms with Gasteiger partial charge in [-0.1, -0.05) is 5.92 Å². The fraction of sp³-hybridized carbons (Fsp3) is 0.700. The maximum atomic E-state index is 11.1. The molecule has 0 aromatic carbocycles. The Hall–Kier alpha value is -0.850. The van der Waals surface area contributed by atoms with E-state index in [2.05, 4.69) is 11.8 Å². The second-order valence-corrected chi connectivity index (χ2v) is 3.43. The highest BCUT2D eigenvalue weighted by Crippen LogP contribution is 2.06. The van der Waals surface area contributed by atoms with E-state index in [-0.39, 0.29) is 12.4 Å². The molecule has 13 heavy (non-hydrogen) atoms. The van der Waals surface area contributed by atoms with E-state index >= 15 is 0 Å². The molecule has 1 atom stereocenters. The molecule has 0 heterocycles. The highest BCUT2D eigenvalue weighted by molar-refractivity contribution is 5.84. The Bertz CT molecular complexity index is 233. The van der Waals surface area contributed by atoms with E-state index in [0.29, 0.717) is 0 Å². The van der Waals surface area contributed by atoms with Crippen molar-refractivity contribution in [1.82, 2.24) is 0 Å². The van der Waals surface area contributed by atoms with Gasteiger partial charge in [0.1, 0.15) is 12.2 Å². The molecule has 0 aromatic heterocycles. The van der Waals surface area contributed by atoms with Crippen molar-refractivity contribution in [3.63, 3.8) is 0 Å². The topological polar surface area (TPSA) is 52.3 Å². The van der Waals surface area contributed by atoms with Crippen LogP contribution in [0.5, 0.6) is 0 Å². The van der Waals surface area contributed by atoms with Crippen LogP contribution in [0.1, 0.15) is 27.7 Å². The number of nitrogens with two attached hydrogens (primary N) is 1. The summed E-state index contributed by atoms with van der Waals surface area (Å²) in [5.41, 5.74) is 4.80. The van der Waals surface area contributed by atoms with Crippen molar-refractivity contribution in [3.05, 3.63) is 0 Å². The van der Waals surface area contributed by atoms with Gasteiger partial charge < -0.3 is 10.5 Å². The molecule has 3 nitrogen and oxygen atoms in total. The van der Waals surface area contributed by atoms with Gasteiger partial charge >= 0.3 is 0 Å². The van der Waals surface area contributed by atoms with E-state index in [0.717, 1.165) is 0 Å². The molecule has 74 valence electrons. The van der Waals surface area contributed by atoms with Crippen LogP contribution >= 0.6 is 0 Å². The van der Waals surface area contributed by atoms with E-state index < -0.39 is 11.6 Å². The number of ether oxygens (including phenoxy) is 1. The van der Waals surface area contributed by atoms with Crippen LogP contribution in [-0.4, -0.2) is 24.0 Å². The van der Waals surface area contributed by atoms with E-state index in [4.69, 9.17) is 10.5 Å². The summed E-state index contributed by atoms with van der Waals surface area (Å²) < 4.78 is 5.29. The standard InChI is InChI=1S/C10H17NO2/c1-5-6-10(3,4)13-7-9(12)8(2)11/h8H,7,11H2,1-4H3/t8-/m0/s1. The van der Waals surface area contributed by atoms with E-state index in [1.165, 1.54) is 0 Å². The summed E-state index contributed by atoms with van der Waals surface area (Å²) in [6.45, 7) is 7.04. The minimum absolute atomic E-state index is 0.0271. The van der Waals surface area contributed by atoms with Crippen molar-refractivity contribution in [2.75, 3.05) is 6.61 Å². The summed E-state index contributed by atoms with van der Waals surface area (Å²) in [7, 11) is 0. The molecule has 0 aliphatic carbocycles. The molecule has 0 saturated carbocycles. The Labute approximate surface area is 79.6 Å². The van der Waals surface area contributed by atoms with Gasteiger partial charge in [-0.15, -0.1) is 5.92 Å². The van der Waals surface area contributed by atoms with Crippen molar-refractivity contribution >= 4 is 5.78 Å². The fourth-order valence-corrected chi connectivity index (χ4v) is 0.720. The van der Waals surface area contributed by atoms with E-state index in [1.54, 1.807) is 13.8 Å². The Kier molecular flexibility index (Phi) is 4.68. The Morgan fingerprint density at radius 2 is 2.15 bits per heavy atom. The lowest BCUT2D eigenvalue weighted by atomic mass is 10.1. The zero-order chi connectivity index (χ0) is 10.5. The third-order valence-corrected chi connectivity index (χ3v) is 1.51. The molecule has 2 N–H and O–H groups in total. The van der Waals surface area contributed by atoms with Gasteiger partial charge in [0.05, 0.1) is 6.04 Å².